The molecule has 5 nitrogen and oxygen atoms in total. The Morgan fingerprint density at radius 1 is 1.42 bits per heavy atom. The van der Waals surface area contributed by atoms with Gasteiger partial charge in [-0.15, -0.1) is 5.10 Å². The number of rotatable bonds is 4. The summed E-state index contributed by atoms with van der Waals surface area (Å²) < 4.78 is 3.82. The van der Waals surface area contributed by atoms with E-state index >= 15 is 0 Å². The van der Waals surface area contributed by atoms with Gasteiger partial charge in [0.05, 0.1) is 5.69 Å². The quantitative estimate of drug-likeness (QED) is 0.899. The lowest BCUT2D eigenvalue weighted by Crippen LogP contribution is -2.23. The molecule has 2 rings (SSSR count). The number of aromatic nitrogens is 2. The van der Waals surface area contributed by atoms with Crippen molar-refractivity contribution in [2.75, 3.05) is 0 Å². The summed E-state index contributed by atoms with van der Waals surface area (Å²) >= 11 is 1.09. The van der Waals surface area contributed by atoms with Crippen molar-refractivity contribution in [2.45, 2.75) is 26.3 Å². The number of aromatic hydroxyl groups is 1. The van der Waals surface area contributed by atoms with Gasteiger partial charge in [0.15, 0.2) is 0 Å². The van der Waals surface area contributed by atoms with E-state index in [0.717, 1.165) is 11.5 Å². The Labute approximate surface area is 115 Å². The fourth-order valence-corrected chi connectivity index (χ4v) is 2.38. The standard InChI is InChI=1S/C13H15N3O2S/c1-8(2)11-12(19-16-15-11)13(18)14-7-9-5-3-4-6-10(9)17/h3-6,8,17H,7H2,1-2H3,(H,14,18). The normalized spacial score (nSPS) is 10.7. The fraction of sp³-hybridized carbons (Fsp3) is 0.308. The molecular formula is C13H15N3O2S. The number of phenolic OH excluding ortho intramolecular Hbond substituents is 1. The summed E-state index contributed by atoms with van der Waals surface area (Å²) in [5, 5.41) is 16.4. The molecule has 0 aliphatic carbocycles. The van der Waals surface area contributed by atoms with Crippen molar-refractivity contribution in [2.24, 2.45) is 0 Å². The van der Waals surface area contributed by atoms with E-state index in [1.165, 1.54) is 0 Å². The zero-order valence-electron chi connectivity index (χ0n) is 10.8. The van der Waals surface area contributed by atoms with E-state index in [2.05, 4.69) is 14.9 Å². The molecule has 0 spiro atoms. The highest BCUT2D eigenvalue weighted by atomic mass is 32.1. The fourth-order valence-electron chi connectivity index (χ4n) is 1.65. The SMILES string of the molecule is CC(C)c1nnsc1C(=O)NCc1ccccc1O. The number of carbonyl (C=O) groups is 1. The number of nitrogens with zero attached hydrogens (tertiary/aromatic N) is 2. The first kappa shape index (κ1) is 13.5. The van der Waals surface area contributed by atoms with Gasteiger partial charge in [-0.25, -0.2) is 0 Å². The first-order valence-electron chi connectivity index (χ1n) is 5.97. The second-order valence-corrected chi connectivity index (χ2v) is 5.21. The molecule has 0 fully saturated rings. The van der Waals surface area contributed by atoms with Crippen molar-refractivity contribution in [1.82, 2.24) is 14.9 Å². The third-order valence-corrected chi connectivity index (χ3v) is 3.44. The van der Waals surface area contributed by atoms with Crippen LogP contribution in [0.25, 0.3) is 0 Å². The molecule has 0 aliphatic heterocycles. The van der Waals surface area contributed by atoms with Crippen LogP contribution in [0.15, 0.2) is 24.3 Å². The van der Waals surface area contributed by atoms with Gasteiger partial charge in [-0.1, -0.05) is 36.5 Å². The lowest BCUT2D eigenvalue weighted by molar-refractivity contribution is 0.0953. The Bertz CT molecular complexity index is 581. The smallest absolute Gasteiger partial charge is 0.265 e. The van der Waals surface area contributed by atoms with Crippen LogP contribution >= 0.6 is 11.5 Å². The first-order chi connectivity index (χ1) is 9.09. The second-order valence-electron chi connectivity index (χ2n) is 4.45. The highest BCUT2D eigenvalue weighted by molar-refractivity contribution is 7.08. The Hall–Kier alpha value is -1.95. The number of phenols is 1. The number of nitrogens with one attached hydrogen (secondary N) is 1. The Balaban J connectivity index is 2.06. The van der Waals surface area contributed by atoms with Gasteiger partial charge in [0.25, 0.3) is 5.91 Å². The van der Waals surface area contributed by atoms with Gasteiger partial charge in [-0.3, -0.25) is 4.79 Å². The lowest BCUT2D eigenvalue weighted by atomic mass is 10.1. The third-order valence-electron chi connectivity index (χ3n) is 2.70. The average Bonchev–Trinajstić information content (AvgIpc) is 2.87. The molecule has 6 heteroatoms. The molecule has 0 saturated heterocycles. The second kappa shape index (κ2) is 5.79. The van der Waals surface area contributed by atoms with Gasteiger partial charge in [0.1, 0.15) is 10.6 Å². The van der Waals surface area contributed by atoms with Gasteiger partial charge in [-0.2, -0.15) is 0 Å². The number of amides is 1. The van der Waals surface area contributed by atoms with Crippen LogP contribution in [0.2, 0.25) is 0 Å². The highest BCUT2D eigenvalue weighted by Gasteiger charge is 2.18. The minimum Gasteiger partial charge on any atom is -0.508 e. The van der Waals surface area contributed by atoms with Crippen LogP contribution < -0.4 is 5.32 Å². The molecule has 0 bridgehead atoms. The van der Waals surface area contributed by atoms with Crippen LogP contribution in [0.4, 0.5) is 0 Å². The summed E-state index contributed by atoms with van der Waals surface area (Å²) in [5.74, 6) is 0.126. The van der Waals surface area contributed by atoms with Crippen LogP contribution in [-0.4, -0.2) is 20.6 Å². The van der Waals surface area contributed by atoms with E-state index in [1.54, 1.807) is 18.2 Å². The highest BCUT2D eigenvalue weighted by Crippen LogP contribution is 2.20. The number of hydrogen-bond donors (Lipinski definition) is 2. The Morgan fingerprint density at radius 3 is 2.84 bits per heavy atom. The third kappa shape index (κ3) is 3.08. The Kier molecular flexibility index (Phi) is 4.11. The van der Waals surface area contributed by atoms with Gasteiger partial charge < -0.3 is 10.4 Å². The lowest BCUT2D eigenvalue weighted by Gasteiger charge is -2.07. The van der Waals surface area contributed by atoms with E-state index < -0.39 is 0 Å². The van der Waals surface area contributed by atoms with Gasteiger partial charge in [-0.05, 0) is 23.5 Å². The van der Waals surface area contributed by atoms with E-state index in [9.17, 15) is 9.90 Å². The number of para-hydroxylation sites is 1. The van der Waals surface area contributed by atoms with Crippen LogP contribution in [0.3, 0.4) is 0 Å². The van der Waals surface area contributed by atoms with E-state index in [0.29, 0.717) is 16.1 Å². The maximum atomic E-state index is 12.1. The van der Waals surface area contributed by atoms with E-state index in [4.69, 9.17) is 0 Å². The van der Waals surface area contributed by atoms with Crippen molar-refractivity contribution in [3.05, 3.63) is 40.4 Å². The molecule has 2 N–H and O–H groups in total. The minimum atomic E-state index is -0.207. The van der Waals surface area contributed by atoms with Crippen molar-refractivity contribution in [1.29, 1.82) is 0 Å². The monoisotopic (exact) mass is 277 g/mol. The van der Waals surface area contributed by atoms with Crippen LogP contribution in [0, 0.1) is 0 Å². The van der Waals surface area contributed by atoms with Crippen LogP contribution in [0.1, 0.15) is 40.7 Å². The number of benzene rings is 1. The number of hydrogen-bond acceptors (Lipinski definition) is 5. The predicted molar refractivity (Wildman–Crippen MR) is 73.3 cm³/mol. The summed E-state index contributed by atoms with van der Waals surface area (Å²) in [7, 11) is 0. The predicted octanol–water partition coefficient (Wildman–Crippen LogP) is 2.30. The topological polar surface area (TPSA) is 75.1 Å². The van der Waals surface area contributed by atoms with Gasteiger partial charge in [0.2, 0.25) is 0 Å². The van der Waals surface area contributed by atoms with Crippen molar-refractivity contribution < 1.29 is 9.90 Å². The molecule has 2 aromatic rings. The zero-order valence-corrected chi connectivity index (χ0v) is 11.6. The molecule has 19 heavy (non-hydrogen) atoms. The molecule has 0 saturated carbocycles. The minimum absolute atomic E-state index is 0.157. The maximum Gasteiger partial charge on any atom is 0.265 e. The largest absolute Gasteiger partial charge is 0.508 e. The maximum absolute atomic E-state index is 12.1. The summed E-state index contributed by atoms with van der Waals surface area (Å²) in [6.45, 7) is 4.22. The summed E-state index contributed by atoms with van der Waals surface area (Å²) in [4.78, 5) is 12.6. The first-order valence-corrected chi connectivity index (χ1v) is 6.74. The molecule has 0 atom stereocenters. The molecule has 0 aliphatic rings. The molecule has 1 amide bonds. The molecule has 1 aromatic heterocycles. The van der Waals surface area contributed by atoms with Gasteiger partial charge in [0, 0.05) is 12.1 Å². The van der Waals surface area contributed by atoms with E-state index in [1.807, 2.05) is 19.9 Å². The average molecular weight is 277 g/mol. The summed E-state index contributed by atoms with van der Waals surface area (Å²) in [5.41, 5.74) is 1.39. The zero-order chi connectivity index (χ0) is 13.8. The van der Waals surface area contributed by atoms with Crippen LogP contribution in [-0.2, 0) is 6.54 Å². The van der Waals surface area contributed by atoms with Gasteiger partial charge >= 0.3 is 0 Å². The number of carbonyl (C=O) groups excluding carboxylic acids is 1. The van der Waals surface area contributed by atoms with Crippen molar-refractivity contribution >= 4 is 17.4 Å². The molecule has 0 radical (unpaired) electrons. The summed E-state index contributed by atoms with van der Waals surface area (Å²) in [6.07, 6.45) is 0. The molecule has 100 valence electrons. The van der Waals surface area contributed by atoms with Crippen LogP contribution in [0.5, 0.6) is 5.75 Å². The van der Waals surface area contributed by atoms with Crippen molar-refractivity contribution in [3.8, 4) is 5.75 Å². The molecular weight excluding hydrogens is 262 g/mol. The van der Waals surface area contributed by atoms with Crippen molar-refractivity contribution in [3.63, 3.8) is 0 Å². The summed E-state index contributed by atoms with van der Waals surface area (Å²) in [6, 6.07) is 6.92. The molecule has 1 aromatic carbocycles. The molecule has 1 heterocycles. The molecule has 0 unspecified atom stereocenters. The Morgan fingerprint density at radius 2 is 2.16 bits per heavy atom. The van der Waals surface area contributed by atoms with E-state index in [-0.39, 0.29) is 24.1 Å².